The van der Waals surface area contributed by atoms with Gasteiger partial charge in [-0.25, -0.2) is 4.68 Å². The molecular formula is C25H34N2O3. The van der Waals surface area contributed by atoms with Crippen molar-refractivity contribution in [1.82, 2.24) is 9.78 Å². The molecule has 0 N–H and O–H groups in total. The number of nitrogens with zero attached hydrogens (tertiary/aromatic N) is 2. The number of fused-ring (bicyclic) bond motifs is 7. The van der Waals surface area contributed by atoms with Crippen molar-refractivity contribution in [3.05, 3.63) is 28.6 Å². The Morgan fingerprint density at radius 3 is 2.53 bits per heavy atom. The van der Waals surface area contributed by atoms with Crippen molar-refractivity contribution >= 4 is 11.9 Å². The molecule has 1 aromatic heterocycles. The Bertz CT molecular complexity index is 960. The SMILES string of the molecule is CC(=O)OC1CC[C@@]2(C)C(=CCC3C2CC[C@]2(C)c4c(C)nn(C(C)=O)c4CC32)C1. The van der Waals surface area contributed by atoms with E-state index in [9.17, 15) is 9.59 Å². The van der Waals surface area contributed by atoms with Crippen LogP contribution < -0.4 is 0 Å². The van der Waals surface area contributed by atoms with E-state index in [2.05, 4.69) is 31.9 Å². The molecule has 30 heavy (non-hydrogen) atoms. The Hall–Kier alpha value is -1.91. The van der Waals surface area contributed by atoms with Crippen LogP contribution in [0.25, 0.3) is 0 Å². The van der Waals surface area contributed by atoms with Crippen molar-refractivity contribution in [3.8, 4) is 0 Å². The Balaban J connectivity index is 1.47. The zero-order valence-electron chi connectivity index (χ0n) is 19.0. The molecule has 5 rings (SSSR count). The average Bonchev–Trinajstić information content (AvgIpc) is 3.16. The lowest BCUT2D eigenvalue weighted by atomic mass is 9.47. The summed E-state index contributed by atoms with van der Waals surface area (Å²) in [5, 5.41) is 4.60. The number of esters is 1. The number of hydrogen-bond acceptors (Lipinski definition) is 4. The van der Waals surface area contributed by atoms with E-state index in [0.29, 0.717) is 17.8 Å². The Kier molecular flexibility index (Phi) is 4.37. The van der Waals surface area contributed by atoms with Gasteiger partial charge in [-0.2, -0.15) is 5.10 Å². The molecule has 0 aromatic carbocycles. The molecule has 5 nitrogen and oxygen atoms in total. The Morgan fingerprint density at radius 2 is 1.83 bits per heavy atom. The lowest BCUT2D eigenvalue weighted by Gasteiger charge is -2.57. The van der Waals surface area contributed by atoms with Crippen molar-refractivity contribution in [3.63, 3.8) is 0 Å². The summed E-state index contributed by atoms with van der Waals surface area (Å²) >= 11 is 0. The van der Waals surface area contributed by atoms with Gasteiger partial charge in [-0.15, -0.1) is 0 Å². The first-order valence-corrected chi connectivity index (χ1v) is 11.6. The molecule has 6 atom stereocenters. The van der Waals surface area contributed by atoms with E-state index in [1.807, 2.05) is 0 Å². The molecule has 5 heteroatoms. The minimum atomic E-state index is -0.162. The minimum Gasteiger partial charge on any atom is -0.462 e. The number of rotatable bonds is 1. The maximum absolute atomic E-state index is 12.2. The normalized spacial score (nSPS) is 39.3. The fourth-order valence-corrected chi connectivity index (χ4v) is 7.95. The molecule has 1 aromatic rings. The van der Waals surface area contributed by atoms with E-state index in [4.69, 9.17) is 4.74 Å². The Morgan fingerprint density at radius 1 is 1.10 bits per heavy atom. The second-order valence-electron chi connectivity index (χ2n) is 10.7. The maximum atomic E-state index is 12.2. The van der Waals surface area contributed by atoms with Crippen LogP contribution in [0, 0.1) is 30.1 Å². The van der Waals surface area contributed by atoms with E-state index in [1.54, 1.807) is 11.6 Å². The van der Waals surface area contributed by atoms with Crippen LogP contribution in [0.1, 0.15) is 88.0 Å². The summed E-state index contributed by atoms with van der Waals surface area (Å²) in [7, 11) is 0. The summed E-state index contributed by atoms with van der Waals surface area (Å²) in [6.45, 7) is 10.1. The fraction of sp³-hybridized carbons (Fsp3) is 0.720. The van der Waals surface area contributed by atoms with Crippen LogP contribution in [0.3, 0.4) is 0 Å². The maximum Gasteiger partial charge on any atom is 0.302 e. The fourth-order valence-electron chi connectivity index (χ4n) is 7.95. The monoisotopic (exact) mass is 410 g/mol. The first kappa shape index (κ1) is 20.0. The smallest absolute Gasteiger partial charge is 0.302 e. The van der Waals surface area contributed by atoms with E-state index in [0.717, 1.165) is 37.8 Å². The van der Waals surface area contributed by atoms with Crippen LogP contribution >= 0.6 is 0 Å². The van der Waals surface area contributed by atoms with Crippen molar-refractivity contribution in [1.29, 1.82) is 0 Å². The number of hydrogen-bond donors (Lipinski definition) is 0. The van der Waals surface area contributed by atoms with Gasteiger partial charge in [0, 0.05) is 25.8 Å². The number of aromatic nitrogens is 2. The molecule has 0 bridgehead atoms. The van der Waals surface area contributed by atoms with E-state index >= 15 is 0 Å². The van der Waals surface area contributed by atoms with Crippen LogP contribution in [-0.2, 0) is 21.4 Å². The highest BCUT2D eigenvalue weighted by Crippen LogP contribution is 2.64. The number of carbonyl (C=O) groups is 2. The summed E-state index contributed by atoms with van der Waals surface area (Å²) in [6, 6.07) is 0. The van der Waals surface area contributed by atoms with Crippen LogP contribution in [0.2, 0.25) is 0 Å². The highest BCUT2D eigenvalue weighted by Gasteiger charge is 2.59. The highest BCUT2D eigenvalue weighted by atomic mass is 16.5. The zero-order chi connectivity index (χ0) is 21.4. The van der Waals surface area contributed by atoms with Gasteiger partial charge in [0.15, 0.2) is 0 Å². The van der Waals surface area contributed by atoms with Gasteiger partial charge >= 0.3 is 5.97 Å². The van der Waals surface area contributed by atoms with Gasteiger partial charge in [0.1, 0.15) is 6.10 Å². The molecule has 0 spiro atoms. The quantitative estimate of drug-likeness (QED) is 0.495. The molecule has 162 valence electrons. The van der Waals surface area contributed by atoms with Crippen LogP contribution in [0.15, 0.2) is 11.6 Å². The Labute approximate surface area is 179 Å². The van der Waals surface area contributed by atoms with E-state index in [1.165, 1.54) is 36.6 Å². The average molecular weight is 411 g/mol. The molecule has 4 aliphatic rings. The molecule has 4 aliphatic carbocycles. The van der Waals surface area contributed by atoms with Gasteiger partial charge in [0.2, 0.25) is 5.91 Å². The third-order valence-electron chi connectivity index (χ3n) is 9.22. The van der Waals surface area contributed by atoms with Gasteiger partial charge < -0.3 is 4.74 Å². The van der Waals surface area contributed by atoms with Gasteiger partial charge in [-0.3, -0.25) is 9.59 Å². The molecule has 0 amide bonds. The molecule has 2 fully saturated rings. The van der Waals surface area contributed by atoms with Gasteiger partial charge in [-0.1, -0.05) is 25.5 Å². The predicted molar refractivity (Wildman–Crippen MR) is 114 cm³/mol. The van der Waals surface area contributed by atoms with Gasteiger partial charge in [0.05, 0.1) is 11.4 Å². The number of ether oxygens (including phenoxy) is 1. The van der Waals surface area contributed by atoms with Crippen LogP contribution in [0.5, 0.6) is 0 Å². The second kappa shape index (κ2) is 6.54. The largest absolute Gasteiger partial charge is 0.462 e. The van der Waals surface area contributed by atoms with Crippen molar-refractivity contribution in [2.75, 3.05) is 0 Å². The van der Waals surface area contributed by atoms with Crippen molar-refractivity contribution < 1.29 is 14.3 Å². The van der Waals surface area contributed by atoms with Crippen molar-refractivity contribution in [2.45, 2.75) is 91.1 Å². The summed E-state index contributed by atoms with van der Waals surface area (Å²) in [6.07, 6.45) is 10.00. The van der Waals surface area contributed by atoms with Crippen molar-refractivity contribution in [2.24, 2.45) is 23.2 Å². The number of carbonyl (C=O) groups excluding carboxylic acids is 2. The lowest BCUT2D eigenvalue weighted by Crippen LogP contribution is -2.51. The summed E-state index contributed by atoms with van der Waals surface area (Å²) in [5.74, 6) is 1.77. The second-order valence-corrected chi connectivity index (χ2v) is 10.7. The molecule has 0 aliphatic heterocycles. The molecule has 0 radical (unpaired) electrons. The standard InChI is InChI=1S/C25H34N2O3/c1-14-23-22(27(26-14)15(2)28)13-21-19-7-6-17-12-18(30-16(3)29)8-10-24(17,4)20(19)9-11-25(21,23)5/h6,18-21H,7-13H2,1-5H3/t18?,19?,20?,21?,24-,25-/m0/s1. The van der Waals surface area contributed by atoms with Gasteiger partial charge in [-0.05, 0) is 74.0 Å². The topological polar surface area (TPSA) is 61.2 Å². The van der Waals surface area contributed by atoms with Crippen LogP contribution in [0.4, 0.5) is 0 Å². The molecular weight excluding hydrogens is 376 g/mol. The molecule has 1 heterocycles. The van der Waals surface area contributed by atoms with Crippen LogP contribution in [-0.4, -0.2) is 27.8 Å². The third-order valence-corrected chi connectivity index (χ3v) is 9.22. The molecule has 2 saturated carbocycles. The minimum absolute atomic E-state index is 0.0275. The highest BCUT2D eigenvalue weighted by molar-refractivity contribution is 5.77. The predicted octanol–water partition coefficient (Wildman–Crippen LogP) is 4.76. The first-order valence-electron chi connectivity index (χ1n) is 11.6. The zero-order valence-corrected chi connectivity index (χ0v) is 19.0. The number of aryl methyl sites for hydroxylation is 1. The summed E-state index contributed by atoms with van der Waals surface area (Å²) in [5.41, 5.74) is 5.45. The first-order chi connectivity index (χ1) is 14.1. The molecule has 4 unspecified atom stereocenters. The number of allylic oxidation sites excluding steroid dienone is 1. The molecule has 0 saturated heterocycles. The summed E-state index contributed by atoms with van der Waals surface area (Å²) < 4.78 is 7.25. The lowest BCUT2D eigenvalue weighted by molar-refractivity contribution is -0.148. The van der Waals surface area contributed by atoms with E-state index < -0.39 is 0 Å². The van der Waals surface area contributed by atoms with E-state index in [-0.39, 0.29) is 28.8 Å². The summed E-state index contributed by atoms with van der Waals surface area (Å²) in [4.78, 5) is 23.7. The third kappa shape index (κ3) is 2.63. The van der Waals surface area contributed by atoms with Gasteiger partial charge in [0.25, 0.3) is 0 Å².